The molecule has 3 aromatic carbocycles. The van der Waals surface area contributed by atoms with E-state index in [2.05, 4.69) is 15.5 Å². The summed E-state index contributed by atoms with van der Waals surface area (Å²) in [4.78, 5) is 35.4. The van der Waals surface area contributed by atoms with E-state index in [1.54, 1.807) is 36.4 Å². The van der Waals surface area contributed by atoms with E-state index in [1.807, 2.05) is 30.3 Å². The van der Waals surface area contributed by atoms with Crippen molar-refractivity contribution < 1.29 is 24.2 Å². The van der Waals surface area contributed by atoms with Crippen LogP contribution in [0.5, 0.6) is 5.75 Å². The van der Waals surface area contributed by atoms with Gasteiger partial charge in [-0.2, -0.15) is 5.10 Å². The van der Waals surface area contributed by atoms with Crippen molar-refractivity contribution in [3.63, 3.8) is 0 Å². The Bertz CT molecular complexity index is 1270. The number of carbonyl (C=O) groups excluding carboxylic acids is 2. The Morgan fingerprint density at radius 3 is 2.66 bits per heavy atom. The van der Waals surface area contributed by atoms with Crippen LogP contribution in [0.15, 0.2) is 76.9 Å². The van der Waals surface area contributed by atoms with E-state index in [-0.39, 0.29) is 11.6 Å². The highest BCUT2D eigenvalue weighted by atomic mass is 32.2. The largest absolute Gasteiger partial charge is 0.481 e. The fourth-order valence-corrected chi connectivity index (χ4v) is 4.04. The van der Waals surface area contributed by atoms with Crippen LogP contribution in [-0.4, -0.2) is 39.6 Å². The first-order valence-electron chi connectivity index (χ1n) is 9.60. The van der Waals surface area contributed by atoms with E-state index in [1.165, 1.54) is 6.21 Å². The van der Waals surface area contributed by atoms with E-state index in [9.17, 15) is 14.4 Å². The average molecular weight is 447 g/mol. The van der Waals surface area contributed by atoms with Crippen LogP contribution in [0.1, 0.15) is 22.3 Å². The van der Waals surface area contributed by atoms with Gasteiger partial charge < -0.3 is 15.2 Å². The van der Waals surface area contributed by atoms with Gasteiger partial charge in [0.15, 0.2) is 5.17 Å². The topological polar surface area (TPSA) is 117 Å². The first-order valence-corrected chi connectivity index (χ1v) is 10.5. The SMILES string of the molecule is O=C(O)CC1S/C(=N/N=C/c2ccccc2OC(=O)c2cccc3ccccc23)NC1=O. The van der Waals surface area contributed by atoms with Gasteiger partial charge in [-0.3, -0.25) is 9.59 Å². The molecule has 1 aliphatic rings. The molecule has 0 spiro atoms. The highest BCUT2D eigenvalue weighted by molar-refractivity contribution is 8.15. The minimum absolute atomic E-state index is 0.211. The molecule has 1 atom stereocenters. The number of aliphatic carboxylic acids is 1. The molecule has 1 unspecified atom stereocenters. The Morgan fingerprint density at radius 2 is 1.81 bits per heavy atom. The number of nitrogens with zero attached hydrogens (tertiary/aromatic N) is 2. The lowest BCUT2D eigenvalue weighted by Crippen LogP contribution is -2.26. The third-order valence-corrected chi connectivity index (χ3v) is 5.69. The molecule has 160 valence electrons. The van der Waals surface area contributed by atoms with Gasteiger partial charge in [0, 0.05) is 5.56 Å². The minimum atomic E-state index is -1.07. The number of esters is 1. The summed E-state index contributed by atoms with van der Waals surface area (Å²) in [5.41, 5.74) is 0.964. The number of para-hydroxylation sites is 1. The molecule has 1 amide bonds. The van der Waals surface area contributed by atoms with Crippen LogP contribution in [0, 0.1) is 0 Å². The minimum Gasteiger partial charge on any atom is -0.481 e. The molecule has 1 heterocycles. The molecule has 9 heteroatoms. The number of benzene rings is 3. The van der Waals surface area contributed by atoms with E-state index < -0.39 is 23.1 Å². The number of carboxylic acid groups (broad SMARTS) is 1. The molecule has 8 nitrogen and oxygen atoms in total. The van der Waals surface area contributed by atoms with E-state index in [0.29, 0.717) is 16.9 Å². The van der Waals surface area contributed by atoms with Crippen LogP contribution in [0.25, 0.3) is 10.8 Å². The van der Waals surface area contributed by atoms with Crippen LogP contribution in [0.4, 0.5) is 0 Å². The first-order chi connectivity index (χ1) is 15.5. The Kier molecular flexibility index (Phi) is 6.27. The van der Waals surface area contributed by atoms with Gasteiger partial charge in [-0.15, -0.1) is 5.10 Å². The van der Waals surface area contributed by atoms with E-state index >= 15 is 0 Å². The van der Waals surface area contributed by atoms with Gasteiger partial charge >= 0.3 is 11.9 Å². The number of amidine groups is 1. The molecule has 0 aliphatic carbocycles. The molecule has 4 rings (SSSR count). The molecule has 3 aromatic rings. The second-order valence-corrected chi connectivity index (χ2v) is 7.99. The van der Waals surface area contributed by atoms with Gasteiger partial charge in [0.1, 0.15) is 11.0 Å². The smallest absolute Gasteiger partial charge is 0.344 e. The summed E-state index contributed by atoms with van der Waals surface area (Å²) in [7, 11) is 0. The van der Waals surface area contributed by atoms with Crippen molar-refractivity contribution in [3.8, 4) is 5.75 Å². The lowest BCUT2D eigenvalue weighted by atomic mass is 10.0. The third kappa shape index (κ3) is 4.84. The van der Waals surface area contributed by atoms with Crippen LogP contribution in [0.3, 0.4) is 0 Å². The highest BCUT2D eigenvalue weighted by Gasteiger charge is 2.32. The maximum absolute atomic E-state index is 12.8. The van der Waals surface area contributed by atoms with Gasteiger partial charge in [-0.1, -0.05) is 60.3 Å². The van der Waals surface area contributed by atoms with Crippen LogP contribution in [-0.2, 0) is 9.59 Å². The average Bonchev–Trinajstić information content (AvgIpc) is 3.12. The summed E-state index contributed by atoms with van der Waals surface area (Å²) >= 11 is 1.00. The van der Waals surface area contributed by atoms with Crippen molar-refractivity contribution in [2.24, 2.45) is 10.2 Å². The van der Waals surface area contributed by atoms with Crippen molar-refractivity contribution in [1.29, 1.82) is 0 Å². The van der Waals surface area contributed by atoms with Gasteiger partial charge in [0.25, 0.3) is 0 Å². The standard InChI is InChI=1S/C23H17N3O5S/c27-20(28)12-19-21(29)25-23(32-19)26-24-13-15-7-2-4-11-18(15)31-22(30)17-10-5-8-14-6-1-3-9-16(14)17/h1-11,13,19H,12H2,(H,27,28)(H,25,26,29)/b24-13+. The monoisotopic (exact) mass is 447 g/mol. The van der Waals surface area contributed by atoms with E-state index in [0.717, 1.165) is 22.5 Å². The molecule has 2 N–H and O–H groups in total. The lowest BCUT2D eigenvalue weighted by molar-refractivity contribution is -0.138. The van der Waals surface area contributed by atoms with Crippen molar-refractivity contribution in [3.05, 3.63) is 77.9 Å². The molecule has 1 fully saturated rings. The summed E-state index contributed by atoms with van der Waals surface area (Å²) < 4.78 is 5.62. The Morgan fingerprint density at radius 1 is 1.06 bits per heavy atom. The number of thioether (sulfide) groups is 1. The Hall–Kier alpha value is -3.98. The van der Waals surface area contributed by atoms with E-state index in [4.69, 9.17) is 9.84 Å². The zero-order chi connectivity index (χ0) is 22.5. The maximum atomic E-state index is 12.8. The summed E-state index contributed by atoms with van der Waals surface area (Å²) in [5.74, 6) is -1.68. The van der Waals surface area contributed by atoms with Gasteiger partial charge in [-0.05, 0) is 29.0 Å². The summed E-state index contributed by atoms with van der Waals surface area (Å²) in [6.07, 6.45) is 1.10. The zero-order valence-electron chi connectivity index (χ0n) is 16.6. The molecule has 32 heavy (non-hydrogen) atoms. The predicted octanol–water partition coefficient (Wildman–Crippen LogP) is 3.46. The molecule has 0 saturated carbocycles. The molecule has 1 aliphatic heterocycles. The normalized spacial score (nSPS) is 17.1. The molecule has 1 saturated heterocycles. The number of carboxylic acids is 1. The van der Waals surface area contributed by atoms with Crippen molar-refractivity contribution in [2.75, 3.05) is 0 Å². The van der Waals surface area contributed by atoms with Crippen molar-refractivity contribution >= 4 is 51.8 Å². The Labute approximate surface area is 187 Å². The number of hydrogen-bond donors (Lipinski definition) is 2. The zero-order valence-corrected chi connectivity index (χ0v) is 17.4. The maximum Gasteiger partial charge on any atom is 0.344 e. The quantitative estimate of drug-likeness (QED) is 0.259. The predicted molar refractivity (Wildman–Crippen MR) is 122 cm³/mol. The summed E-state index contributed by atoms with van der Waals surface area (Å²) in [6.45, 7) is 0. The number of ether oxygens (including phenoxy) is 1. The number of fused-ring (bicyclic) bond motifs is 1. The third-order valence-electron chi connectivity index (χ3n) is 4.61. The first kappa shape index (κ1) is 21.3. The summed E-state index contributed by atoms with van der Waals surface area (Å²) in [5, 5.41) is 20.4. The van der Waals surface area contributed by atoms with Crippen LogP contribution < -0.4 is 10.1 Å². The summed E-state index contributed by atoms with van der Waals surface area (Å²) in [6, 6.07) is 19.8. The van der Waals surface area contributed by atoms with Gasteiger partial charge in [0.2, 0.25) is 5.91 Å². The number of amides is 1. The van der Waals surface area contributed by atoms with Crippen molar-refractivity contribution in [2.45, 2.75) is 11.7 Å². The van der Waals surface area contributed by atoms with Crippen LogP contribution >= 0.6 is 11.8 Å². The second-order valence-electron chi connectivity index (χ2n) is 6.80. The number of carbonyl (C=O) groups is 3. The molecular formula is C23H17N3O5S. The highest BCUT2D eigenvalue weighted by Crippen LogP contribution is 2.24. The fraction of sp³-hybridized carbons (Fsp3) is 0.0870. The lowest BCUT2D eigenvalue weighted by Gasteiger charge is -2.09. The molecule has 0 aromatic heterocycles. The molecular weight excluding hydrogens is 430 g/mol. The van der Waals surface area contributed by atoms with Crippen molar-refractivity contribution in [1.82, 2.24) is 5.32 Å². The molecule has 0 radical (unpaired) electrons. The van der Waals surface area contributed by atoms with Gasteiger partial charge in [0.05, 0.1) is 18.2 Å². The second kappa shape index (κ2) is 9.44. The van der Waals surface area contributed by atoms with Crippen LogP contribution in [0.2, 0.25) is 0 Å². The number of hydrogen-bond acceptors (Lipinski definition) is 7. The number of rotatable bonds is 6. The number of nitrogens with one attached hydrogen (secondary N) is 1. The molecule has 0 bridgehead atoms. The van der Waals surface area contributed by atoms with Gasteiger partial charge in [-0.25, -0.2) is 4.79 Å². The Balaban J connectivity index is 1.50. The fourth-order valence-electron chi connectivity index (χ4n) is 3.13.